The van der Waals surface area contributed by atoms with Gasteiger partial charge in [-0.15, -0.1) is 0 Å². The van der Waals surface area contributed by atoms with Gasteiger partial charge in [0.25, 0.3) is 0 Å². The van der Waals surface area contributed by atoms with Crippen molar-refractivity contribution in [3.8, 4) is 0 Å². The molecule has 0 N–H and O–H groups in total. The van der Waals surface area contributed by atoms with Crippen LogP contribution in [0.15, 0.2) is 70.9 Å². The summed E-state index contributed by atoms with van der Waals surface area (Å²) in [6.07, 6.45) is 0. The summed E-state index contributed by atoms with van der Waals surface area (Å²) in [5.41, 5.74) is -1.19. The molecule has 0 unspecified atom stereocenters. The molecule has 0 saturated carbocycles. The van der Waals surface area contributed by atoms with Gasteiger partial charge in [-0.1, -0.05) is 36.4 Å². The number of nitrogens with zero attached hydrogens (tertiary/aromatic N) is 6. The zero-order valence-electron chi connectivity index (χ0n) is 13.7. The summed E-state index contributed by atoms with van der Waals surface area (Å²) >= 11 is 0. The monoisotopic (exact) mass is 390 g/mol. The van der Waals surface area contributed by atoms with Gasteiger partial charge in [0.1, 0.15) is 30.8 Å². The van der Waals surface area contributed by atoms with Gasteiger partial charge < -0.3 is 0 Å². The van der Waals surface area contributed by atoms with Gasteiger partial charge in [0, 0.05) is 0 Å². The molecule has 0 spiro atoms. The van der Waals surface area contributed by atoms with Gasteiger partial charge in [0.05, 0.1) is 0 Å². The maximum Gasteiger partial charge on any atom is 0.604 e. The topological polar surface area (TPSA) is 197 Å². The average molecular weight is 390 g/mol. The van der Waals surface area contributed by atoms with Gasteiger partial charge >= 0.3 is 11.6 Å². The first kappa shape index (κ1) is 20.0. The zero-order valence-corrected chi connectivity index (χ0v) is 13.7. The first-order valence-corrected chi connectivity index (χ1v) is 7.32. The summed E-state index contributed by atoms with van der Waals surface area (Å²) in [6.45, 7) is 0. The summed E-state index contributed by atoms with van der Waals surface area (Å²) in [5, 5.41) is 52.0. The minimum absolute atomic E-state index is 0.595. The highest BCUT2D eigenvalue weighted by molar-refractivity contribution is 5.21. The lowest BCUT2D eigenvalue weighted by Gasteiger charge is -2.14. The van der Waals surface area contributed by atoms with E-state index in [2.05, 4.69) is 10.2 Å². The SMILES string of the molecule is O=[N+]([O-])C(N=NC(c1ccccc1)([N+](=O)[O-])[N+](=O)[O-])(c1ccccc1)[N+](=O)[O-]. The van der Waals surface area contributed by atoms with Crippen LogP contribution in [0.1, 0.15) is 11.1 Å². The molecule has 0 fully saturated rings. The third-order valence-corrected chi connectivity index (χ3v) is 3.67. The summed E-state index contributed by atoms with van der Waals surface area (Å²) in [7, 11) is 0. The van der Waals surface area contributed by atoms with Crippen molar-refractivity contribution in [1.82, 2.24) is 0 Å². The number of azo groups is 1. The van der Waals surface area contributed by atoms with Gasteiger partial charge in [0.2, 0.25) is 0 Å². The van der Waals surface area contributed by atoms with Gasteiger partial charge in [-0.25, -0.2) is 0 Å². The van der Waals surface area contributed by atoms with Crippen molar-refractivity contribution in [3.05, 3.63) is 112 Å². The highest BCUT2D eigenvalue weighted by Crippen LogP contribution is 2.33. The van der Waals surface area contributed by atoms with Crippen molar-refractivity contribution in [2.75, 3.05) is 0 Å². The summed E-state index contributed by atoms with van der Waals surface area (Å²) in [6, 6.07) is 11.7. The van der Waals surface area contributed by atoms with Gasteiger partial charge in [-0.05, 0) is 34.5 Å². The summed E-state index contributed by atoms with van der Waals surface area (Å²) in [5.74, 6) is -7.01. The Morgan fingerprint density at radius 2 is 0.786 bits per heavy atom. The molecule has 0 amide bonds. The van der Waals surface area contributed by atoms with E-state index in [9.17, 15) is 40.5 Å². The van der Waals surface area contributed by atoms with Crippen molar-refractivity contribution >= 4 is 0 Å². The second kappa shape index (κ2) is 7.48. The molecule has 14 heteroatoms. The standard InChI is InChI=1S/C14H10N6O8/c21-17(22)13(18(23)24,11-7-3-1-4-8-11)15-16-14(19(25)26,20(27)28)12-9-5-2-6-10-12/h1-10H. The molecule has 0 radical (unpaired) electrons. The van der Waals surface area contributed by atoms with E-state index in [-0.39, 0.29) is 0 Å². The van der Waals surface area contributed by atoms with Crippen molar-refractivity contribution in [2.45, 2.75) is 11.6 Å². The Morgan fingerprint density at radius 3 is 1.00 bits per heavy atom. The molecule has 2 rings (SSSR count). The van der Waals surface area contributed by atoms with Gasteiger partial charge in [0.15, 0.2) is 0 Å². The molecule has 0 aliphatic carbocycles. The molecule has 0 bridgehead atoms. The van der Waals surface area contributed by atoms with E-state index in [1.807, 2.05) is 0 Å². The molecule has 0 saturated heterocycles. The smallest absolute Gasteiger partial charge is 0.256 e. The lowest BCUT2D eigenvalue weighted by atomic mass is 10.1. The first-order valence-electron chi connectivity index (χ1n) is 7.32. The quantitative estimate of drug-likeness (QED) is 0.282. The Balaban J connectivity index is 2.79. The largest absolute Gasteiger partial charge is 0.604 e. The predicted molar refractivity (Wildman–Crippen MR) is 89.1 cm³/mol. The minimum atomic E-state index is -3.51. The minimum Gasteiger partial charge on any atom is -0.256 e. The number of benzene rings is 2. The fourth-order valence-electron chi connectivity index (χ4n) is 2.28. The fourth-order valence-corrected chi connectivity index (χ4v) is 2.28. The highest BCUT2D eigenvalue weighted by atomic mass is 16.7. The lowest BCUT2D eigenvalue weighted by molar-refractivity contribution is -0.822. The Morgan fingerprint density at radius 1 is 0.536 bits per heavy atom. The van der Waals surface area contributed by atoms with Crippen molar-refractivity contribution < 1.29 is 19.7 Å². The van der Waals surface area contributed by atoms with Crippen LogP contribution in [0.5, 0.6) is 0 Å². The van der Waals surface area contributed by atoms with Crippen molar-refractivity contribution in [3.63, 3.8) is 0 Å². The third-order valence-electron chi connectivity index (χ3n) is 3.67. The highest BCUT2D eigenvalue weighted by Gasteiger charge is 2.65. The van der Waals surface area contributed by atoms with Crippen molar-refractivity contribution in [2.24, 2.45) is 10.2 Å². The average Bonchev–Trinajstić information content (AvgIpc) is 2.65. The molecule has 2 aromatic rings. The molecule has 0 heterocycles. The van der Waals surface area contributed by atoms with Crippen LogP contribution in [-0.2, 0) is 11.6 Å². The second-order valence-corrected chi connectivity index (χ2v) is 5.23. The van der Waals surface area contributed by atoms with E-state index in [1.165, 1.54) is 36.4 Å². The molecular formula is C14H10N6O8. The Hall–Kier alpha value is -4.36. The van der Waals surface area contributed by atoms with Crippen LogP contribution in [-0.4, -0.2) is 19.7 Å². The van der Waals surface area contributed by atoms with E-state index in [0.29, 0.717) is 0 Å². The summed E-state index contributed by atoms with van der Waals surface area (Å²) in [4.78, 5) is 40.3. The maximum atomic E-state index is 11.5. The number of rotatable bonds is 8. The second-order valence-electron chi connectivity index (χ2n) is 5.23. The molecule has 0 aromatic heterocycles. The van der Waals surface area contributed by atoms with Crippen LogP contribution in [0.2, 0.25) is 0 Å². The fraction of sp³-hybridized carbons (Fsp3) is 0.143. The van der Waals surface area contributed by atoms with Gasteiger partial charge in [-0.2, -0.15) is 0 Å². The van der Waals surface area contributed by atoms with E-state index in [1.54, 1.807) is 0 Å². The van der Waals surface area contributed by atoms with Crippen LogP contribution in [0, 0.1) is 40.5 Å². The van der Waals surface area contributed by atoms with E-state index in [4.69, 9.17) is 0 Å². The van der Waals surface area contributed by atoms with Crippen LogP contribution in [0.3, 0.4) is 0 Å². The number of hydrogen-bond donors (Lipinski definition) is 0. The molecule has 28 heavy (non-hydrogen) atoms. The molecule has 14 nitrogen and oxygen atoms in total. The van der Waals surface area contributed by atoms with E-state index >= 15 is 0 Å². The van der Waals surface area contributed by atoms with Gasteiger partial charge in [-0.3, -0.25) is 40.5 Å². The Kier molecular flexibility index (Phi) is 5.33. The maximum absolute atomic E-state index is 11.5. The van der Waals surface area contributed by atoms with Crippen LogP contribution < -0.4 is 0 Å². The normalized spacial score (nSPS) is 11.9. The third kappa shape index (κ3) is 3.09. The molecule has 2 aromatic carbocycles. The lowest BCUT2D eigenvalue weighted by Crippen LogP contribution is -2.45. The van der Waals surface area contributed by atoms with Crippen LogP contribution in [0.25, 0.3) is 0 Å². The number of hydrogen-bond acceptors (Lipinski definition) is 10. The van der Waals surface area contributed by atoms with Crippen LogP contribution in [0.4, 0.5) is 0 Å². The first-order chi connectivity index (χ1) is 13.2. The Bertz CT molecular complexity index is 843. The van der Waals surface area contributed by atoms with E-state index in [0.717, 1.165) is 24.3 Å². The molecule has 0 aliphatic rings. The number of nitro groups is 4. The molecule has 0 aliphatic heterocycles. The molecule has 144 valence electrons. The Labute approximate surface area is 154 Å². The zero-order chi connectivity index (χ0) is 20.9. The summed E-state index contributed by atoms with van der Waals surface area (Å²) < 4.78 is 0. The molecule has 0 atom stereocenters. The molecular weight excluding hydrogens is 380 g/mol. The van der Waals surface area contributed by atoms with Crippen LogP contribution >= 0.6 is 0 Å². The van der Waals surface area contributed by atoms with Crippen molar-refractivity contribution in [1.29, 1.82) is 0 Å². The van der Waals surface area contributed by atoms with E-state index < -0.39 is 42.4 Å². The predicted octanol–water partition coefficient (Wildman–Crippen LogP) is 2.17.